The Hall–Kier alpha value is -1.60. The summed E-state index contributed by atoms with van der Waals surface area (Å²) in [5, 5.41) is 9.06. The summed E-state index contributed by atoms with van der Waals surface area (Å²) in [7, 11) is -3.35. The van der Waals surface area contributed by atoms with E-state index in [4.69, 9.17) is 5.11 Å². The van der Waals surface area contributed by atoms with Gasteiger partial charge in [0, 0.05) is 18.6 Å². The molecule has 23 heavy (non-hydrogen) atoms. The van der Waals surface area contributed by atoms with E-state index in [1.54, 1.807) is 0 Å². The van der Waals surface area contributed by atoms with Gasteiger partial charge in [0.05, 0.1) is 6.26 Å². The van der Waals surface area contributed by atoms with Crippen LogP contribution in [-0.4, -0.2) is 49.4 Å². The predicted octanol–water partition coefficient (Wildman–Crippen LogP) is 1.99. The van der Waals surface area contributed by atoms with Gasteiger partial charge < -0.3 is 10.0 Å². The van der Waals surface area contributed by atoms with Crippen LogP contribution in [0.25, 0.3) is 0 Å². The molecule has 1 heterocycles. The molecule has 1 aliphatic rings. The molecule has 1 fully saturated rings. The summed E-state index contributed by atoms with van der Waals surface area (Å²) in [4.78, 5) is 12.4. The number of rotatable bonds is 5. The second-order valence-corrected chi connectivity index (χ2v) is 8.16. The van der Waals surface area contributed by atoms with Crippen molar-refractivity contribution in [1.82, 2.24) is 9.62 Å². The van der Waals surface area contributed by atoms with Gasteiger partial charge in [0.2, 0.25) is 10.0 Å². The highest BCUT2D eigenvalue weighted by Crippen LogP contribution is 2.28. The van der Waals surface area contributed by atoms with Crippen molar-refractivity contribution in [2.24, 2.45) is 0 Å². The molecule has 128 valence electrons. The third-order valence-corrected chi connectivity index (χ3v) is 5.21. The normalized spacial score (nSPS) is 17.9. The van der Waals surface area contributed by atoms with Crippen LogP contribution in [0.2, 0.25) is 0 Å². The van der Waals surface area contributed by atoms with E-state index in [0.29, 0.717) is 32.4 Å². The summed E-state index contributed by atoms with van der Waals surface area (Å²) < 4.78 is 26.2. The van der Waals surface area contributed by atoms with Crippen LogP contribution in [0, 0.1) is 6.92 Å². The number of nitrogens with zero attached hydrogens (tertiary/aromatic N) is 1. The first-order valence-corrected chi connectivity index (χ1v) is 9.61. The van der Waals surface area contributed by atoms with Crippen LogP contribution >= 0.6 is 0 Å². The van der Waals surface area contributed by atoms with Gasteiger partial charge in [0.15, 0.2) is 0 Å². The molecular formula is C16H24N2O4S. The molecule has 1 aromatic carbocycles. The lowest BCUT2D eigenvalue weighted by Gasteiger charge is -2.41. The molecule has 1 saturated heterocycles. The zero-order chi connectivity index (χ0) is 17.1. The van der Waals surface area contributed by atoms with Gasteiger partial charge >= 0.3 is 6.09 Å². The fraction of sp³-hybridized carbons (Fsp3) is 0.562. The molecule has 0 atom stereocenters. The highest BCUT2D eigenvalue weighted by atomic mass is 32.2. The Labute approximate surface area is 137 Å². The van der Waals surface area contributed by atoms with Crippen molar-refractivity contribution in [3.05, 3.63) is 35.4 Å². The molecule has 0 unspecified atom stereocenters. The summed E-state index contributed by atoms with van der Waals surface area (Å²) in [6.45, 7) is 2.73. The molecule has 0 radical (unpaired) electrons. The molecule has 1 aromatic rings. The van der Waals surface area contributed by atoms with Gasteiger partial charge in [0.25, 0.3) is 0 Å². The molecule has 0 bridgehead atoms. The zero-order valence-corrected chi connectivity index (χ0v) is 14.4. The van der Waals surface area contributed by atoms with E-state index < -0.39 is 21.7 Å². The highest BCUT2D eigenvalue weighted by Gasteiger charge is 2.37. The lowest BCUT2D eigenvalue weighted by atomic mass is 9.83. The van der Waals surface area contributed by atoms with Crippen molar-refractivity contribution in [1.29, 1.82) is 0 Å². The van der Waals surface area contributed by atoms with Crippen molar-refractivity contribution >= 4 is 16.1 Å². The topological polar surface area (TPSA) is 86.7 Å². The number of likely N-dealkylation sites (tertiary alicyclic amines) is 1. The summed E-state index contributed by atoms with van der Waals surface area (Å²) in [6.07, 6.45) is 2.63. The minimum atomic E-state index is -3.35. The largest absolute Gasteiger partial charge is 0.465 e. The quantitative estimate of drug-likeness (QED) is 0.858. The number of hydrogen-bond acceptors (Lipinski definition) is 3. The van der Waals surface area contributed by atoms with Gasteiger partial charge in [-0.05, 0) is 38.2 Å². The molecule has 7 heteroatoms. The van der Waals surface area contributed by atoms with Gasteiger partial charge in [-0.3, -0.25) is 0 Å². The van der Waals surface area contributed by atoms with E-state index in [1.165, 1.54) is 10.5 Å². The number of hydrogen-bond donors (Lipinski definition) is 2. The Morgan fingerprint density at radius 2 is 1.83 bits per heavy atom. The number of carboxylic acid groups (broad SMARTS) is 1. The van der Waals surface area contributed by atoms with Crippen LogP contribution in [-0.2, 0) is 16.4 Å². The maximum Gasteiger partial charge on any atom is 0.407 e. The fourth-order valence-corrected chi connectivity index (χ4v) is 4.15. The van der Waals surface area contributed by atoms with Gasteiger partial charge in [-0.1, -0.05) is 29.8 Å². The number of benzene rings is 1. The fourth-order valence-electron chi connectivity index (χ4n) is 3.06. The number of sulfonamides is 1. The summed E-state index contributed by atoms with van der Waals surface area (Å²) in [6, 6.07) is 8.18. The average Bonchev–Trinajstić information content (AvgIpc) is 2.45. The number of amides is 1. The number of nitrogens with one attached hydrogen (secondary N) is 1. The Kier molecular flexibility index (Phi) is 5.31. The second-order valence-electron chi connectivity index (χ2n) is 6.41. The Morgan fingerprint density at radius 3 is 2.30 bits per heavy atom. The van der Waals surface area contributed by atoms with Crippen molar-refractivity contribution in [3.8, 4) is 0 Å². The SMILES string of the molecule is Cc1ccc(CCC2(NS(C)(=O)=O)CCN(C(=O)O)CC2)cc1. The smallest absolute Gasteiger partial charge is 0.407 e. The maximum absolute atomic E-state index is 11.7. The standard InChI is InChI=1S/C16H24N2O4S/c1-13-3-5-14(6-4-13)7-8-16(17-23(2,21)22)9-11-18(12-10-16)15(19)20/h3-6,17H,7-12H2,1-2H3,(H,19,20). The van der Waals surface area contributed by atoms with Crippen molar-refractivity contribution in [3.63, 3.8) is 0 Å². The van der Waals surface area contributed by atoms with Gasteiger partial charge in [-0.15, -0.1) is 0 Å². The average molecular weight is 340 g/mol. The summed E-state index contributed by atoms with van der Waals surface area (Å²) in [5.41, 5.74) is 1.78. The number of aryl methyl sites for hydroxylation is 2. The number of piperidine rings is 1. The maximum atomic E-state index is 11.7. The molecule has 2 rings (SSSR count). The third kappa shape index (κ3) is 5.21. The van der Waals surface area contributed by atoms with E-state index in [2.05, 4.69) is 16.9 Å². The number of carbonyl (C=O) groups is 1. The van der Waals surface area contributed by atoms with Crippen LogP contribution in [0.1, 0.15) is 30.4 Å². The summed E-state index contributed by atoms with van der Waals surface area (Å²) >= 11 is 0. The lowest BCUT2D eigenvalue weighted by molar-refractivity contribution is 0.111. The Morgan fingerprint density at radius 1 is 1.26 bits per heavy atom. The van der Waals surface area contributed by atoms with E-state index >= 15 is 0 Å². The molecule has 1 aliphatic heterocycles. The lowest BCUT2D eigenvalue weighted by Crippen LogP contribution is -2.56. The molecule has 2 N–H and O–H groups in total. The molecule has 6 nitrogen and oxygen atoms in total. The highest BCUT2D eigenvalue weighted by molar-refractivity contribution is 7.88. The van der Waals surface area contributed by atoms with Gasteiger partial charge in [0.1, 0.15) is 0 Å². The van der Waals surface area contributed by atoms with E-state index in [9.17, 15) is 13.2 Å². The second kappa shape index (κ2) is 6.88. The first-order valence-electron chi connectivity index (χ1n) is 7.72. The van der Waals surface area contributed by atoms with Gasteiger partial charge in [-0.25, -0.2) is 17.9 Å². The van der Waals surface area contributed by atoms with Crippen molar-refractivity contribution in [2.45, 2.75) is 38.1 Å². The summed E-state index contributed by atoms with van der Waals surface area (Å²) in [5.74, 6) is 0. The predicted molar refractivity (Wildman–Crippen MR) is 89.0 cm³/mol. The van der Waals surface area contributed by atoms with E-state index in [0.717, 1.165) is 18.2 Å². The van der Waals surface area contributed by atoms with Crippen LogP contribution in [0.4, 0.5) is 4.79 Å². The van der Waals surface area contributed by atoms with Crippen LogP contribution < -0.4 is 4.72 Å². The van der Waals surface area contributed by atoms with Crippen molar-refractivity contribution in [2.75, 3.05) is 19.3 Å². The molecule has 0 aliphatic carbocycles. The molecular weight excluding hydrogens is 316 g/mol. The monoisotopic (exact) mass is 340 g/mol. The van der Waals surface area contributed by atoms with Crippen LogP contribution in [0.5, 0.6) is 0 Å². The van der Waals surface area contributed by atoms with Crippen molar-refractivity contribution < 1.29 is 18.3 Å². The molecule has 0 aromatic heterocycles. The van der Waals surface area contributed by atoms with Gasteiger partial charge in [-0.2, -0.15) is 0 Å². The van der Waals surface area contributed by atoms with Crippen LogP contribution in [0.15, 0.2) is 24.3 Å². The first-order chi connectivity index (χ1) is 10.7. The van der Waals surface area contributed by atoms with Crippen LogP contribution in [0.3, 0.4) is 0 Å². The van der Waals surface area contributed by atoms with E-state index in [1.807, 2.05) is 19.1 Å². The molecule has 0 spiro atoms. The first kappa shape index (κ1) is 17.7. The Bertz CT molecular complexity index is 647. The van der Waals surface area contributed by atoms with E-state index in [-0.39, 0.29) is 0 Å². The molecule has 0 saturated carbocycles. The molecule has 1 amide bonds. The third-order valence-electron chi connectivity index (χ3n) is 4.41. The Balaban J connectivity index is 2.08. The minimum absolute atomic E-state index is 0.353. The zero-order valence-electron chi connectivity index (χ0n) is 13.6. The minimum Gasteiger partial charge on any atom is -0.465 e.